The van der Waals surface area contributed by atoms with Gasteiger partial charge in [0.1, 0.15) is 29.3 Å². The fraction of sp³-hybridized carbons (Fsp3) is 0.233. The van der Waals surface area contributed by atoms with Crippen LogP contribution >= 0.6 is 0 Å². The third-order valence-corrected chi connectivity index (χ3v) is 6.38. The highest BCUT2D eigenvalue weighted by Crippen LogP contribution is 2.33. The number of rotatable bonds is 10. The molecular weight excluding hydrogens is 474 g/mol. The van der Waals surface area contributed by atoms with E-state index in [4.69, 9.17) is 15.6 Å². The standard InChI is InChI=1S/C30H33N7O/c1-35(2)18-7-19-36(3)20-22-10-14-24(15-11-22)37-30-27(29(31)32-21-33-30)28(34-37)23-12-16-26(17-13-23)38-25-8-5-4-6-9-25/h4-6,8-17,21H,7,18-20H2,1-3H3,(H2,31,32,33). The average Bonchev–Trinajstić information content (AvgIpc) is 3.31. The van der Waals surface area contributed by atoms with Gasteiger partial charge in [0.05, 0.1) is 11.1 Å². The molecule has 5 rings (SSSR count). The van der Waals surface area contributed by atoms with E-state index in [-0.39, 0.29) is 0 Å². The maximum Gasteiger partial charge on any atom is 0.169 e. The van der Waals surface area contributed by atoms with Gasteiger partial charge in [-0.05, 0) is 94.7 Å². The molecule has 2 heterocycles. The number of hydrogen-bond donors (Lipinski definition) is 1. The van der Waals surface area contributed by atoms with Gasteiger partial charge in [-0.15, -0.1) is 0 Å². The third-order valence-electron chi connectivity index (χ3n) is 6.38. The van der Waals surface area contributed by atoms with Crippen LogP contribution in [0.5, 0.6) is 11.5 Å². The average molecular weight is 508 g/mol. The first kappa shape index (κ1) is 25.4. The molecule has 0 aliphatic carbocycles. The molecule has 0 aliphatic heterocycles. The predicted octanol–water partition coefficient (Wildman–Crippen LogP) is 5.24. The Morgan fingerprint density at radius 1 is 0.816 bits per heavy atom. The van der Waals surface area contributed by atoms with Crippen LogP contribution in [-0.2, 0) is 6.54 Å². The first-order valence-electron chi connectivity index (χ1n) is 12.7. The summed E-state index contributed by atoms with van der Waals surface area (Å²) in [6.45, 7) is 3.04. The SMILES string of the molecule is CN(C)CCCN(C)Cc1ccc(-n2nc(-c3ccc(Oc4ccccc4)cc3)c3c(N)ncnc32)cc1. The molecule has 2 aromatic heterocycles. The largest absolute Gasteiger partial charge is 0.457 e. The first-order chi connectivity index (χ1) is 18.5. The van der Waals surface area contributed by atoms with Crippen molar-refractivity contribution in [3.05, 3.63) is 90.8 Å². The number of nitrogen functional groups attached to an aromatic ring is 1. The first-order valence-corrected chi connectivity index (χ1v) is 12.7. The molecule has 0 amide bonds. The molecule has 3 aromatic carbocycles. The van der Waals surface area contributed by atoms with Crippen molar-refractivity contribution < 1.29 is 4.74 Å². The lowest BCUT2D eigenvalue weighted by molar-refractivity contribution is 0.294. The zero-order valence-electron chi connectivity index (χ0n) is 22.1. The Morgan fingerprint density at radius 3 is 2.24 bits per heavy atom. The van der Waals surface area contributed by atoms with E-state index in [1.807, 2.05) is 59.3 Å². The van der Waals surface area contributed by atoms with Crippen LogP contribution < -0.4 is 10.5 Å². The number of fused-ring (bicyclic) bond motifs is 1. The zero-order chi connectivity index (χ0) is 26.5. The summed E-state index contributed by atoms with van der Waals surface area (Å²) >= 11 is 0. The second-order valence-electron chi connectivity index (χ2n) is 9.72. The van der Waals surface area contributed by atoms with E-state index in [2.05, 4.69) is 65.2 Å². The number of ether oxygens (including phenoxy) is 1. The monoisotopic (exact) mass is 507 g/mol. The molecular formula is C30H33N7O. The van der Waals surface area contributed by atoms with Crippen LogP contribution in [0.2, 0.25) is 0 Å². The van der Waals surface area contributed by atoms with Gasteiger partial charge in [0.2, 0.25) is 0 Å². The molecule has 0 atom stereocenters. The Morgan fingerprint density at radius 2 is 1.53 bits per heavy atom. The summed E-state index contributed by atoms with van der Waals surface area (Å²) in [7, 11) is 6.38. The molecule has 0 spiro atoms. The quantitative estimate of drug-likeness (QED) is 0.277. The number of para-hydroxylation sites is 1. The van der Waals surface area contributed by atoms with Crippen LogP contribution in [-0.4, -0.2) is 63.8 Å². The molecule has 0 saturated carbocycles. The van der Waals surface area contributed by atoms with Gasteiger partial charge in [0.15, 0.2) is 5.65 Å². The Kier molecular flexibility index (Phi) is 7.62. The van der Waals surface area contributed by atoms with E-state index >= 15 is 0 Å². The molecule has 0 saturated heterocycles. The van der Waals surface area contributed by atoms with Gasteiger partial charge in [0.25, 0.3) is 0 Å². The van der Waals surface area contributed by atoms with Gasteiger partial charge in [0, 0.05) is 12.1 Å². The summed E-state index contributed by atoms with van der Waals surface area (Å²) in [6, 6.07) is 26.0. The van der Waals surface area contributed by atoms with Gasteiger partial charge >= 0.3 is 0 Å². The van der Waals surface area contributed by atoms with E-state index in [1.54, 1.807) is 0 Å². The minimum absolute atomic E-state index is 0.400. The molecule has 0 aliphatic rings. The van der Waals surface area contributed by atoms with Crippen LogP contribution in [0.25, 0.3) is 28.0 Å². The van der Waals surface area contributed by atoms with Crippen molar-refractivity contribution in [3.63, 3.8) is 0 Å². The molecule has 0 radical (unpaired) electrons. The highest BCUT2D eigenvalue weighted by Gasteiger charge is 2.18. The van der Waals surface area contributed by atoms with E-state index in [1.165, 1.54) is 11.9 Å². The van der Waals surface area contributed by atoms with Crippen molar-refractivity contribution in [1.82, 2.24) is 29.5 Å². The lowest BCUT2D eigenvalue weighted by Gasteiger charge is -2.18. The summed E-state index contributed by atoms with van der Waals surface area (Å²) in [5, 5.41) is 5.66. The van der Waals surface area contributed by atoms with Crippen LogP contribution in [0.4, 0.5) is 5.82 Å². The highest BCUT2D eigenvalue weighted by molar-refractivity contribution is 5.98. The molecule has 0 bridgehead atoms. The van der Waals surface area contributed by atoms with Crippen LogP contribution in [0.15, 0.2) is 85.2 Å². The van der Waals surface area contributed by atoms with E-state index in [0.29, 0.717) is 11.5 Å². The van der Waals surface area contributed by atoms with Crippen LogP contribution in [0.3, 0.4) is 0 Å². The molecule has 0 fully saturated rings. The van der Waals surface area contributed by atoms with Gasteiger partial charge in [-0.1, -0.05) is 30.3 Å². The Hall–Kier alpha value is -4.27. The summed E-state index contributed by atoms with van der Waals surface area (Å²) in [6.07, 6.45) is 2.62. The Balaban J connectivity index is 1.39. The van der Waals surface area contributed by atoms with Crippen LogP contribution in [0.1, 0.15) is 12.0 Å². The highest BCUT2D eigenvalue weighted by atomic mass is 16.5. The molecule has 8 nitrogen and oxygen atoms in total. The smallest absolute Gasteiger partial charge is 0.169 e. The molecule has 0 unspecified atom stereocenters. The number of nitrogens with two attached hydrogens (primary N) is 1. The number of benzene rings is 3. The minimum atomic E-state index is 0.400. The fourth-order valence-electron chi connectivity index (χ4n) is 4.45. The fourth-order valence-corrected chi connectivity index (χ4v) is 4.45. The van der Waals surface area contributed by atoms with Gasteiger partial charge in [-0.2, -0.15) is 5.10 Å². The summed E-state index contributed by atoms with van der Waals surface area (Å²) in [5.74, 6) is 1.93. The molecule has 5 aromatic rings. The Bertz CT molecular complexity index is 1480. The summed E-state index contributed by atoms with van der Waals surface area (Å²) in [4.78, 5) is 13.3. The van der Waals surface area contributed by atoms with Crippen LogP contribution in [0, 0.1) is 0 Å². The summed E-state index contributed by atoms with van der Waals surface area (Å²) < 4.78 is 7.78. The lowest BCUT2D eigenvalue weighted by atomic mass is 10.1. The molecule has 38 heavy (non-hydrogen) atoms. The second-order valence-corrected chi connectivity index (χ2v) is 9.72. The van der Waals surface area contributed by atoms with Crippen molar-refractivity contribution >= 4 is 16.9 Å². The second kappa shape index (κ2) is 11.4. The maximum absolute atomic E-state index is 6.32. The summed E-state index contributed by atoms with van der Waals surface area (Å²) in [5.41, 5.74) is 10.8. The maximum atomic E-state index is 6.32. The van der Waals surface area contributed by atoms with Crippen molar-refractivity contribution in [2.45, 2.75) is 13.0 Å². The van der Waals surface area contributed by atoms with Crippen molar-refractivity contribution in [2.75, 3.05) is 40.0 Å². The van der Waals surface area contributed by atoms with Gasteiger partial charge in [-0.25, -0.2) is 14.6 Å². The van der Waals surface area contributed by atoms with Crippen molar-refractivity contribution in [2.24, 2.45) is 0 Å². The topological polar surface area (TPSA) is 85.3 Å². The third kappa shape index (κ3) is 5.82. The van der Waals surface area contributed by atoms with Crippen molar-refractivity contribution in [1.29, 1.82) is 0 Å². The zero-order valence-corrected chi connectivity index (χ0v) is 22.1. The predicted molar refractivity (Wildman–Crippen MR) is 153 cm³/mol. The minimum Gasteiger partial charge on any atom is -0.457 e. The van der Waals surface area contributed by atoms with Gasteiger partial charge < -0.3 is 20.3 Å². The normalized spacial score (nSPS) is 11.5. The number of hydrogen-bond acceptors (Lipinski definition) is 7. The van der Waals surface area contributed by atoms with Gasteiger partial charge in [-0.3, -0.25) is 0 Å². The number of anilines is 1. The lowest BCUT2D eigenvalue weighted by Crippen LogP contribution is -2.23. The molecule has 2 N–H and O–H groups in total. The number of aromatic nitrogens is 4. The van der Waals surface area contributed by atoms with E-state index in [0.717, 1.165) is 59.9 Å². The molecule has 194 valence electrons. The van der Waals surface area contributed by atoms with E-state index in [9.17, 15) is 0 Å². The van der Waals surface area contributed by atoms with E-state index < -0.39 is 0 Å². The number of nitrogens with zero attached hydrogens (tertiary/aromatic N) is 6. The molecule has 8 heteroatoms. The van der Waals surface area contributed by atoms with Crippen molar-refractivity contribution in [3.8, 4) is 28.4 Å². The Labute approximate surface area is 223 Å².